The molecule has 2 unspecified atom stereocenters. The highest BCUT2D eigenvalue weighted by Gasteiger charge is 2.34. The highest BCUT2D eigenvalue weighted by molar-refractivity contribution is 5.77. The molecule has 2 N–H and O–H groups in total. The van der Waals surface area contributed by atoms with Gasteiger partial charge in [-0.05, 0) is 46.4 Å². The number of nitrogens with zero attached hydrogens (tertiary/aromatic N) is 2. The Bertz CT molecular complexity index is 332. The first kappa shape index (κ1) is 16.7. The van der Waals surface area contributed by atoms with Crippen molar-refractivity contribution in [2.24, 2.45) is 0 Å². The van der Waals surface area contributed by atoms with E-state index in [1.165, 1.54) is 0 Å². The van der Waals surface area contributed by atoms with E-state index in [1.54, 1.807) is 0 Å². The topological polar surface area (TPSA) is 65.0 Å². The molecule has 2 rings (SSSR count). The molecular formula is C15H29N3O3. The summed E-state index contributed by atoms with van der Waals surface area (Å²) in [4.78, 5) is 16.2. The van der Waals surface area contributed by atoms with E-state index in [-0.39, 0.29) is 18.1 Å². The summed E-state index contributed by atoms with van der Waals surface area (Å²) < 4.78 is 5.80. The van der Waals surface area contributed by atoms with Crippen LogP contribution >= 0.6 is 0 Å². The summed E-state index contributed by atoms with van der Waals surface area (Å²) in [6.45, 7) is 3.76. The van der Waals surface area contributed by atoms with Crippen molar-refractivity contribution in [3.63, 3.8) is 0 Å². The van der Waals surface area contributed by atoms with Crippen LogP contribution in [-0.2, 0) is 9.53 Å². The Kier molecular flexibility index (Phi) is 6.41. The first-order chi connectivity index (χ1) is 10.1. The molecule has 6 nitrogen and oxygen atoms in total. The van der Waals surface area contributed by atoms with Gasteiger partial charge in [-0.3, -0.25) is 4.79 Å². The van der Waals surface area contributed by atoms with Crippen LogP contribution in [0.2, 0.25) is 0 Å². The maximum Gasteiger partial charge on any atom is 0.225 e. The van der Waals surface area contributed by atoms with Gasteiger partial charge in [-0.25, -0.2) is 0 Å². The highest BCUT2D eigenvalue weighted by Crippen LogP contribution is 2.19. The van der Waals surface area contributed by atoms with Crippen LogP contribution in [0.3, 0.4) is 0 Å². The number of nitrogens with one attached hydrogen (secondary N) is 1. The first-order valence-corrected chi connectivity index (χ1v) is 8.01. The van der Waals surface area contributed by atoms with Crippen LogP contribution in [0.1, 0.15) is 25.7 Å². The summed E-state index contributed by atoms with van der Waals surface area (Å²) in [6, 6.07) is 0.126. The minimum atomic E-state index is -0.385. The predicted molar refractivity (Wildman–Crippen MR) is 81.1 cm³/mol. The lowest BCUT2D eigenvalue weighted by Crippen LogP contribution is -2.42. The van der Waals surface area contributed by atoms with Gasteiger partial charge in [-0.1, -0.05) is 0 Å². The van der Waals surface area contributed by atoms with Gasteiger partial charge in [0.25, 0.3) is 0 Å². The fourth-order valence-electron chi connectivity index (χ4n) is 3.21. The van der Waals surface area contributed by atoms with Crippen LogP contribution in [0.5, 0.6) is 0 Å². The smallest absolute Gasteiger partial charge is 0.225 e. The fraction of sp³-hybridized carbons (Fsp3) is 0.933. The number of aliphatic hydroxyl groups is 1. The molecule has 2 fully saturated rings. The van der Waals surface area contributed by atoms with Crippen molar-refractivity contribution < 1.29 is 14.6 Å². The number of ether oxygens (including phenoxy) is 1. The molecule has 0 spiro atoms. The van der Waals surface area contributed by atoms with Crippen LogP contribution in [0.4, 0.5) is 0 Å². The molecular weight excluding hydrogens is 270 g/mol. The number of likely N-dealkylation sites (tertiary alicyclic amines) is 1. The summed E-state index contributed by atoms with van der Waals surface area (Å²) in [5.41, 5.74) is 0. The third-order valence-electron chi connectivity index (χ3n) is 4.24. The number of carbonyl (C=O) groups excluding carboxylic acids is 1. The van der Waals surface area contributed by atoms with E-state index in [4.69, 9.17) is 4.74 Å². The number of carbonyl (C=O) groups is 1. The third kappa shape index (κ3) is 5.21. The Morgan fingerprint density at radius 1 is 1.38 bits per heavy atom. The van der Waals surface area contributed by atoms with Gasteiger partial charge in [0, 0.05) is 19.1 Å². The number of hydrogen-bond donors (Lipinski definition) is 2. The van der Waals surface area contributed by atoms with E-state index in [9.17, 15) is 9.90 Å². The molecule has 0 aromatic rings. The monoisotopic (exact) mass is 299 g/mol. The molecule has 0 bridgehead atoms. The average molecular weight is 299 g/mol. The molecule has 6 heteroatoms. The summed E-state index contributed by atoms with van der Waals surface area (Å²) in [7, 11) is 3.99. The van der Waals surface area contributed by atoms with Crippen molar-refractivity contribution in [2.45, 2.75) is 43.9 Å². The largest absolute Gasteiger partial charge is 0.391 e. The average Bonchev–Trinajstić information content (AvgIpc) is 2.80. The van der Waals surface area contributed by atoms with E-state index in [2.05, 4.69) is 10.2 Å². The van der Waals surface area contributed by atoms with E-state index in [0.29, 0.717) is 32.1 Å². The second kappa shape index (κ2) is 8.08. The normalized spacial score (nSPS) is 27.5. The number of piperidine rings is 1. The van der Waals surface area contributed by atoms with Gasteiger partial charge in [0.2, 0.25) is 5.91 Å². The number of aliphatic hydroxyl groups excluding tert-OH is 1. The SMILES string of the molecule is CN(C)CC1CC(O)CN1C(=O)CCOC1CCNCC1. The Morgan fingerprint density at radius 2 is 2.10 bits per heavy atom. The van der Waals surface area contributed by atoms with Gasteiger partial charge in [-0.2, -0.15) is 0 Å². The van der Waals surface area contributed by atoms with Crippen molar-refractivity contribution in [3.05, 3.63) is 0 Å². The van der Waals surface area contributed by atoms with Crippen LogP contribution in [-0.4, -0.2) is 85.9 Å². The zero-order valence-corrected chi connectivity index (χ0v) is 13.3. The lowest BCUT2D eigenvalue weighted by atomic mass is 10.1. The lowest BCUT2D eigenvalue weighted by molar-refractivity contribution is -0.134. The number of amides is 1. The number of β-amino-alcohol motifs (C(OH)–C–C–N with tert-alkyl or cyclic N) is 1. The predicted octanol–water partition coefficient (Wildman–Crippen LogP) is -0.331. The maximum atomic E-state index is 12.3. The summed E-state index contributed by atoms with van der Waals surface area (Å²) in [5, 5.41) is 13.1. The van der Waals surface area contributed by atoms with Gasteiger partial charge in [0.1, 0.15) is 0 Å². The van der Waals surface area contributed by atoms with Crippen LogP contribution in [0, 0.1) is 0 Å². The van der Waals surface area contributed by atoms with Gasteiger partial charge < -0.3 is 25.0 Å². The molecule has 2 aliphatic heterocycles. The molecule has 0 saturated carbocycles. The highest BCUT2D eigenvalue weighted by atomic mass is 16.5. The Hall–Kier alpha value is -0.690. The van der Waals surface area contributed by atoms with Crippen molar-refractivity contribution >= 4 is 5.91 Å². The van der Waals surface area contributed by atoms with E-state index in [1.807, 2.05) is 19.0 Å². The zero-order valence-electron chi connectivity index (χ0n) is 13.3. The molecule has 0 radical (unpaired) electrons. The summed E-state index contributed by atoms with van der Waals surface area (Å²) >= 11 is 0. The van der Waals surface area contributed by atoms with Gasteiger partial charge in [-0.15, -0.1) is 0 Å². The zero-order chi connectivity index (χ0) is 15.2. The molecule has 0 aromatic carbocycles. The summed E-state index contributed by atoms with van der Waals surface area (Å²) in [6.07, 6.45) is 3.06. The maximum absolute atomic E-state index is 12.3. The molecule has 2 saturated heterocycles. The van der Waals surface area contributed by atoms with Crippen LogP contribution in [0.25, 0.3) is 0 Å². The van der Waals surface area contributed by atoms with Crippen LogP contribution in [0.15, 0.2) is 0 Å². The van der Waals surface area contributed by atoms with E-state index >= 15 is 0 Å². The minimum Gasteiger partial charge on any atom is -0.391 e. The Labute approximate surface area is 127 Å². The standard InChI is InChI=1S/C15H29N3O3/c1-17(2)10-12-9-13(19)11-18(12)15(20)5-8-21-14-3-6-16-7-4-14/h12-14,16,19H,3-11H2,1-2H3. The molecule has 122 valence electrons. The lowest BCUT2D eigenvalue weighted by Gasteiger charge is -2.27. The van der Waals surface area contributed by atoms with E-state index < -0.39 is 0 Å². The van der Waals surface area contributed by atoms with Crippen molar-refractivity contribution in [2.75, 3.05) is 46.9 Å². The Morgan fingerprint density at radius 3 is 2.76 bits per heavy atom. The van der Waals surface area contributed by atoms with Crippen molar-refractivity contribution in [1.29, 1.82) is 0 Å². The number of hydrogen-bond acceptors (Lipinski definition) is 5. The molecule has 21 heavy (non-hydrogen) atoms. The molecule has 0 aromatic heterocycles. The van der Waals surface area contributed by atoms with Crippen LogP contribution < -0.4 is 5.32 Å². The second-order valence-corrected chi connectivity index (χ2v) is 6.42. The van der Waals surface area contributed by atoms with Crippen molar-refractivity contribution in [1.82, 2.24) is 15.1 Å². The molecule has 2 atom stereocenters. The fourth-order valence-corrected chi connectivity index (χ4v) is 3.21. The number of rotatable bonds is 6. The summed E-state index contributed by atoms with van der Waals surface area (Å²) in [5.74, 6) is 0.104. The molecule has 2 heterocycles. The van der Waals surface area contributed by atoms with Crippen molar-refractivity contribution in [3.8, 4) is 0 Å². The van der Waals surface area contributed by atoms with Gasteiger partial charge >= 0.3 is 0 Å². The van der Waals surface area contributed by atoms with E-state index in [0.717, 1.165) is 32.5 Å². The molecule has 0 aliphatic carbocycles. The van der Waals surface area contributed by atoms with Gasteiger partial charge in [0.15, 0.2) is 0 Å². The minimum absolute atomic E-state index is 0.104. The molecule has 2 aliphatic rings. The first-order valence-electron chi connectivity index (χ1n) is 8.01. The third-order valence-corrected chi connectivity index (χ3v) is 4.24. The number of likely N-dealkylation sites (N-methyl/N-ethyl adjacent to an activating group) is 1. The quantitative estimate of drug-likeness (QED) is 0.703. The second-order valence-electron chi connectivity index (χ2n) is 6.42. The van der Waals surface area contributed by atoms with Gasteiger partial charge in [0.05, 0.1) is 25.2 Å². The Balaban J connectivity index is 1.73. The molecule has 1 amide bonds.